The summed E-state index contributed by atoms with van der Waals surface area (Å²) in [5.74, 6) is 0. The van der Waals surface area contributed by atoms with Crippen molar-refractivity contribution in [2.24, 2.45) is 0 Å². The first-order chi connectivity index (χ1) is 5.85. The molecule has 3 heteroatoms. The Morgan fingerprint density at radius 3 is 2.58 bits per heavy atom. The Hall–Kier alpha value is -0.120. The third-order valence-corrected chi connectivity index (χ3v) is 3.05. The molecule has 70 valence electrons. The number of ether oxygens (including phenoxy) is 2. The van der Waals surface area contributed by atoms with Crippen LogP contribution >= 0.6 is 0 Å². The third kappa shape index (κ3) is 1.49. The lowest BCUT2D eigenvalue weighted by Gasteiger charge is -2.42. The summed E-state index contributed by atoms with van der Waals surface area (Å²) in [6.07, 6.45) is 3.74. The monoisotopic (exact) mass is 171 g/mol. The molecule has 2 aliphatic rings. The van der Waals surface area contributed by atoms with Gasteiger partial charge in [-0.15, -0.1) is 0 Å². The van der Waals surface area contributed by atoms with Crippen molar-refractivity contribution in [1.29, 1.82) is 0 Å². The van der Waals surface area contributed by atoms with E-state index in [2.05, 4.69) is 5.32 Å². The molecule has 0 aromatic rings. The summed E-state index contributed by atoms with van der Waals surface area (Å²) in [4.78, 5) is 0. The van der Waals surface area contributed by atoms with Crippen molar-refractivity contribution in [3.8, 4) is 0 Å². The third-order valence-electron chi connectivity index (χ3n) is 3.05. The van der Waals surface area contributed by atoms with Crippen LogP contribution in [0.3, 0.4) is 0 Å². The highest BCUT2D eigenvalue weighted by Crippen LogP contribution is 2.34. The molecule has 0 spiro atoms. The predicted octanol–water partition coefficient (Wildman–Crippen LogP) is 0.544. The van der Waals surface area contributed by atoms with Crippen LogP contribution in [0.5, 0.6) is 0 Å². The summed E-state index contributed by atoms with van der Waals surface area (Å²) in [5, 5.41) is 3.46. The molecule has 0 aromatic heterocycles. The fraction of sp³-hybridized carbons (Fsp3) is 1.00. The van der Waals surface area contributed by atoms with Crippen LogP contribution in [0.2, 0.25) is 0 Å². The summed E-state index contributed by atoms with van der Waals surface area (Å²) in [6.45, 7) is 2.75. The first-order valence-corrected chi connectivity index (χ1v) is 4.71. The van der Waals surface area contributed by atoms with Crippen molar-refractivity contribution in [2.45, 2.75) is 30.9 Å². The van der Waals surface area contributed by atoms with Crippen LogP contribution in [0.25, 0.3) is 0 Å². The number of rotatable bonds is 4. The molecule has 2 fully saturated rings. The second-order valence-electron chi connectivity index (χ2n) is 3.86. The van der Waals surface area contributed by atoms with Gasteiger partial charge in [0.2, 0.25) is 0 Å². The van der Waals surface area contributed by atoms with Gasteiger partial charge in [0.15, 0.2) is 0 Å². The predicted molar refractivity (Wildman–Crippen MR) is 46.2 cm³/mol. The largest absolute Gasteiger partial charge is 0.378 e. The van der Waals surface area contributed by atoms with E-state index in [0.29, 0.717) is 6.04 Å². The van der Waals surface area contributed by atoms with E-state index >= 15 is 0 Å². The molecule has 1 saturated carbocycles. The average molecular weight is 171 g/mol. The fourth-order valence-electron chi connectivity index (χ4n) is 1.71. The maximum absolute atomic E-state index is 5.49. The van der Waals surface area contributed by atoms with Gasteiger partial charge >= 0.3 is 0 Å². The summed E-state index contributed by atoms with van der Waals surface area (Å²) >= 11 is 0. The molecule has 1 heterocycles. The van der Waals surface area contributed by atoms with Crippen LogP contribution in [-0.4, -0.2) is 38.5 Å². The average Bonchev–Trinajstić information content (AvgIpc) is 1.91. The standard InChI is InChI=1S/C9H17NO2/c1-11-9(3-2-4-9)7-10-8-5-12-6-8/h8,10H,2-7H2,1H3. The van der Waals surface area contributed by atoms with E-state index in [1.54, 1.807) is 0 Å². The highest BCUT2D eigenvalue weighted by Gasteiger charge is 2.37. The maximum atomic E-state index is 5.49. The van der Waals surface area contributed by atoms with Crippen LogP contribution < -0.4 is 5.32 Å². The van der Waals surface area contributed by atoms with Gasteiger partial charge in [0.05, 0.1) is 24.9 Å². The molecule has 3 nitrogen and oxygen atoms in total. The summed E-state index contributed by atoms with van der Waals surface area (Å²) in [7, 11) is 1.82. The summed E-state index contributed by atoms with van der Waals surface area (Å²) in [6, 6.07) is 0.581. The molecular formula is C9H17NO2. The molecular weight excluding hydrogens is 154 g/mol. The van der Waals surface area contributed by atoms with E-state index < -0.39 is 0 Å². The lowest BCUT2D eigenvalue weighted by atomic mass is 9.80. The van der Waals surface area contributed by atoms with E-state index in [4.69, 9.17) is 9.47 Å². The minimum atomic E-state index is 0.162. The molecule has 2 rings (SSSR count). The van der Waals surface area contributed by atoms with Gasteiger partial charge in [-0.1, -0.05) is 0 Å². The zero-order chi connectivity index (χ0) is 8.44. The van der Waals surface area contributed by atoms with Gasteiger partial charge in [0, 0.05) is 13.7 Å². The Labute approximate surface area is 73.4 Å². The first-order valence-electron chi connectivity index (χ1n) is 4.71. The van der Waals surface area contributed by atoms with Crippen molar-refractivity contribution in [2.75, 3.05) is 26.9 Å². The number of hydrogen-bond acceptors (Lipinski definition) is 3. The summed E-state index contributed by atoms with van der Waals surface area (Å²) in [5.41, 5.74) is 0.162. The lowest BCUT2D eigenvalue weighted by molar-refractivity contribution is -0.0820. The van der Waals surface area contributed by atoms with E-state index in [0.717, 1.165) is 19.8 Å². The topological polar surface area (TPSA) is 30.5 Å². The smallest absolute Gasteiger partial charge is 0.0802 e. The van der Waals surface area contributed by atoms with Crippen molar-refractivity contribution < 1.29 is 9.47 Å². The van der Waals surface area contributed by atoms with Crippen LogP contribution in [0.1, 0.15) is 19.3 Å². The molecule has 12 heavy (non-hydrogen) atoms. The van der Waals surface area contributed by atoms with Gasteiger partial charge in [-0.3, -0.25) is 0 Å². The molecule has 1 N–H and O–H groups in total. The molecule has 0 atom stereocenters. The molecule has 0 bridgehead atoms. The Balaban J connectivity index is 1.69. The minimum absolute atomic E-state index is 0.162. The molecule has 1 aliphatic heterocycles. The van der Waals surface area contributed by atoms with Crippen LogP contribution in [0.15, 0.2) is 0 Å². The maximum Gasteiger partial charge on any atom is 0.0802 e. The lowest BCUT2D eigenvalue weighted by Crippen LogP contribution is -2.55. The van der Waals surface area contributed by atoms with Gasteiger partial charge in [0.1, 0.15) is 0 Å². The second-order valence-corrected chi connectivity index (χ2v) is 3.86. The van der Waals surface area contributed by atoms with Gasteiger partial charge in [-0.25, -0.2) is 0 Å². The zero-order valence-electron chi connectivity index (χ0n) is 7.64. The zero-order valence-corrected chi connectivity index (χ0v) is 7.64. The van der Waals surface area contributed by atoms with Crippen molar-refractivity contribution in [3.63, 3.8) is 0 Å². The van der Waals surface area contributed by atoms with Gasteiger partial charge in [-0.2, -0.15) is 0 Å². The van der Waals surface area contributed by atoms with Crippen LogP contribution in [0, 0.1) is 0 Å². The Morgan fingerprint density at radius 2 is 2.25 bits per heavy atom. The SMILES string of the molecule is COC1(CNC2COC2)CCC1. The van der Waals surface area contributed by atoms with Gasteiger partial charge in [-0.05, 0) is 19.3 Å². The molecule has 0 aromatic carbocycles. The second kappa shape index (κ2) is 3.32. The number of hydrogen-bond donors (Lipinski definition) is 1. The van der Waals surface area contributed by atoms with E-state index in [1.165, 1.54) is 19.3 Å². The molecule has 0 amide bonds. The van der Waals surface area contributed by atoms with Crippen molar-refractivity contribution >= 4 is 0 Å². The highest BCUT2D eigenvalue weighted by atomic mass is 16.5. The van der Waals surface area contributed by atoms with E-state index in [9.17, 15) is 0 Å². The molecule has 1 aliphatic carbocycles. The Kier molecular flexibility index (Phi) is 2.35. The minimum Gasteiger partial charge on any atom is -0.378 e. The molecule has 1 saturated heterocycles. The van der Waals surface area contributed by atoms with Gasteiger partial charge in [0.25, 0.3) is 0 Å². The first kappa shape index (κ1) is 8.48. The normalized spacial score (nSPS) is 27.8. The molecule has 0 unspecified atom stereocenters. The fourth-order valence-corrected chi connectivity index (χ4v) is 1.71. The Bertz CT molecular complexity index is 147. The number of nitrogens with one attached hydrogen (secondary N) is 1. The van der Waals surface area contributed by atoms with Gasteiger partial charge < -0.3 is 14.8 Å². The number of methoxy groups -OCH3 is 1. The Morgan fingerprint density at radius 1 is 1.50 bits per heavy atom. The highest BCUT2D eigenvalue weighted by molar-refractivity contribution is 4.92. The van der Waals surface area contributed by atoms with E-state index in [-0.39, 0.29) is 5.60 Å². The van der Waals surface area contributed by atoms with Crippen LogP contribution in [0.4, 0.5) is 0 Å². The molecule has 0 radical (unpaired) electrons. The quantitative estimate of drug-likeness (QED) is 0.670. The summed E-state index contributed by atoms with van der Waals surface area (Å²) < 4.78 is 10.6. The van der Waals surface area contributed by atoms with Crippen molar-refractivity contribution in [3.05, 3.63) is 0 Å². The van der Waals surface area contributed by atoms with Crippen LogP contribution in [-0.2, 0) is 9.47 Å². The van der Waals surface area contributed by atoms with E-state index in [1.807, 2.05) is 7.11 Å². The van der Waals surface area contributed by atoms with Crippen molar-refractivity contribution in [1.82, 2.24) is 5.32 Å².